The van der Waals surface area contributed by atoms with Crippen LogP contribution < -0.4 is 4.74 Å². The zero-order valence-corrected chi connectivity index (χ0v) is 32.5. The van der Waals surface area contributed by atoms with Crippen LogP contribution in [0.15, 0.2) is 102 Å². The van der Waals surface area contributed by atoms with E-state index in [1.807, 2.05) is 63.1 Å². The molecular formula is C45H41BrN4O5. The van der Waals surface area contributed by atoms with Crippen molar-refractivity contribution >= 4 is 49.7 Å². The summed E-state index contributed by atoms with van der Waals surface area (Å²) in [6, 6.07) is 24.2. The molecule has 7 aromatic rings. The molecule has 2 N–H and O–H groups in total. The highest BCUT2D eigenvalue weighted by atomic mass is 79.9. The quantitative estimate of drug-likeness (QED) is 0.141. The van der Waals surface area contributed by atoms with Crippen molar-refractivity contribution in [1.29, 1.82) is 0 Å². The highest BCUT2D eigenvalue weighted by molar-refractivity contribution is 9.10. The van der Waals surface area contributed by atoms with Crippen LogP contribution in [0.2, 0.25) is 0 Å². The van der Waals surface area contributed by atoms with Crippen LogP contribution >= 0.6 is 15.9 Å². The number of carboxylic acids is 2. The number of methoxy groups -OCH3 is 1. The number of halogens is 1. The topological polar surface area (TPSA) is 119 Å². The van der Waals surface area contributed by atoms with Crippen LogP contribution in [0.1, 0.15) is 91.9 Å². The van der Waals surface area contributed by atoms with E-state index in [2.05, 4.69) is 77.5 Å². The summed E-state index contributed by atoms with van der Waals surface area (Å²) in [6.07, 6.45) is 13.3. The van der Waals surface area contributed by atoms with Gasteiger partial charge in [0.1, 0.15) is 5.75 Å². The lowest BCUT2D eigenvalue weighted by molar-refractivity contribution is 0.0684. The number of carbonyl (C=O) groups is 2. The number of aryl methyl sites for hydroxylation is 2. The molecule has 2 saturated carbocycles. The Balaban J connectivity index is 0.000000160. The number of carboxylic acid groups (broad SMARTS) is 2. The Kier molecular flexibility index (Phi) is 9.77. The molecule has 9 rings (SSSR count). The lowest BCUT2D eigenvalue weighted by Crippen LogP contribution is -2.07. The van der Waals surface area contributed by atoms with E-state index < -0.39 is 11.9 Å². The third-order valence-corrected chi connectivity index (χ3v) is 11.3. The van der Waals surface area contributed by atoms with E-state index in [4.69, 9.17) is 4.74 Å². The average Bonchev–Trinajstić information content (AvgIpc) is 4.12. The van der Waals surface area contributed by atoms with Gasteiger partial charge < -0.3 is 24.1 Å². The van der Waals surface area contributed by atoms with E-state index in [9.17, 15) is 19.8 Å². The molecule has 0 atom stereocenters. The van der Waals surface area contributed by atoms with Crippen molar-refractivity contribution in [2.24, 2.45) is 14.1 Å². The van der Waals surface area contributed by atoms with Crippen LogP contribution in [-0.4, -0.2) is 48.4 Å². The summed E-state index contributed by atoms with van der Waals surface area (Å²) in [5.74, 6) is -0.0310. The fourth-order valence-electron chi connectivity index (χ4n) is 7.48. The van der Waals surface area contributed by atoms with E-state index in [0.717, 1.165) is 91.1 Å². The lowest BCUT2D eigenvalue weighted by atomic mass is 9.96. The molecular weight excluding hydrogens is 756 g/mol. The van der Waals surface area contributed by atoms with Gasteiger partial charge in [-0.15, -0.1) is 0 Å². The van der Waals surface area contributed by atoms with Gasteiger partial charge in [0.2, 0.25) is 0 Å². The van der Waals surface area contributed by atoms with Crippen LogP contribution in [0.5, 0.6) is 5.75 Å². The van der Waals surface area contributed by atoms with Crippen molar-refractivity contribution in [1.82, 2.24) is 19.1 Å². The maximum absolute atomic E-state index is 11.9. The van der Waals surface area contributed by atoms with E-state index in [1.165, 1.54) is 0 Å². The van der Waals surface area contributed by atoms with E-state index in [-0.39, 0.29) is 0 Å². The second-order valence-corrected chi connectivity index (χ2v) is 15.6. The Morgan fingerprint density at radius 3 is 1.69 bits per heavy atom. The second-order valence-electron chi connectivity index (χ2n) is 14.7. The SMILES string of the molecule is COc1ccc(-c2cc(Cc3ncc(C4CC4)cc3C(=O)O)cc3ccn(C)c23)cc1.Cn1ccc2cc(Cc3ncc(C4CC4)cc3C(=O)O)cc(Br)c21. The molecule has 2 aliphatic rings. The summed E-state index contributed by atoms with van der Waals surface area (Å²) >= 11 is 3.62. The van der Waals surface area contributed by atoms with Gasteiger partial charge in [-0.1, -0.05) is 12.1 Å². The molecule has 4 aromatic heterocycles. The number of ether oxygens (including phenoxy) is 1. The molecule has 278 valence electrons. The zero-order chi connectivity index (χ0) is 38.4. The Morgan fingerprint density at radius 1 is 0.709 bits per heavy atom. The number of hydrogen-bond donors (Lipinski definition) is 2. The number of aromatic nitrogens is 4. The molecule has 0 saturated heterocycles. The maximum Gasteiger partial charge on any atom is 0.337 e. The first kappa shape index (κ1) is 36.2. The maximum atomic E-state index is 11.9. The fraction of sp³-hybridized carbons (Fsp3) is 0.244. The number of fused-ring (bicyclic) bond motifs is 2. The lowest BCUT2D eigenvalue weighted by Gasteiger charge is -2.12. The minimum Gasteiger partial charge on any atom is -0.497 e. The van der Waals surface area contributed by atoms with Crippen molar-refractivity contribution < 1.29 is 24.5 Å². The third kappa shape index (κ3) is 7.64. The van der Waals surface area contributed by atoms with Crippen LogP contribution in [0, 0.1) is 0 Å². The molecule has 0 radical (unpaired) electrons. The summed E-state index contributed by atoms with van der Waals surface area (Å²) in [7, 11) is 5.70. The van der Waals surface area contributed by atoms with Crippen molar-refractivity contribution in [3.63, 3.8) is 0 Å². The molecule has 2 aliphatic carbocycles. The second kappa shape index (κ2) is 14.8. The van der Waals surface area contributed by atoms with Gasteiger partial charge in [0, 0.05) is 72.5 Å². The highest BCUT2D eigenvalue weighted by Gasteiger charge is 2.27. The molecule has 0 spiro atoms. The number of hydrogen-bond acceptors (Lipinski definition) is 5. The van der Waals surface area contributed by atoms with Crippen molar-refractivity contribution in [2.45, 2.75) is 50.4 Å². The predicted molar refractivity (Wildman–Crippen MR) is 217 cm³/mol. The van der Waals surface area contributed by atoms with E-state index >= 15 is 0 Å². The van der Waals surface area contributed by atoms with Crippen molar-refractivity contribution in [2.75, 3.05) is 7.11 Å². The van der Waals surface area contributed by atoms with E-state index in [1.54, 1.807) is 13.2 Å². The average molecular weight is 798 g/mol. The molecule has 0 amide bonds. The first-order chi connectivity index (χ1) is 26.6. The highest BCUT2D eigenvalue weighted by Crippen LogP contribution is 2.41. The molecule has 3 aromatic carbocycles. The van der Waals surface area contributed by atoms with Gasteiger partial charge in [-0.2, -0.15) is 0 Å². The number of rotatable bonds is 10. The molecule has 55 heavy (non-hydrogen) atoms. The van der Waals surface area contributed by atoms with Gasteiger partial charge in [0.25, 0.3) is 0 Å². The molecule has 4 heterocycles. The largest absolute Gasteiger partial charge is 0.497 e. The first-order valence-electron chi connectivity index (χ1n) is 18.5. The van der Waals surface area contributed by atoms with Crippen molar-refractivity contribution in [3.05, 3.63) is 147 Å². The molecule has 0 aliphatic heterocycles. The first-order valence-corrected chi connectivity index (χ1v) is 19.3. The Bertz CT molecular complexity index is 2600. The third-order valence-electron chi connectivity index (χ3n) is 10.7. The van der Waals surface area contributed by atoms with E-state index in [0.29, 0.717) is 47.2 Å². The van der Waals surface area contributed by atoms with Crippen LogP contribution in [-0.2, 0) is 26.9 Å². The number of benzene rings is 3. The van der Waals surface area contributed by atoms with Crippen molar-refractivity contribution in [3.8, 4) is 16.9 Å². The Morgan fingerprint density at radius 2 is 1.20 bits per heavy atom. The summed E-state index contributed by atoms with van der Waals surface area (Å²) < 4.78 is 10.5. The molecule has 0 bridgehead atoms. The Hall–Kier alpha value is -5.74. The minimum absolute atomic E-state index is 0.309. The normalized spacial score (nSPS) is 13.8. The smallest absolute Gasteiger partial charge is 0.337 e. The monoisotopic (exact) mass is 796 g/mol. The van der Waals surface area contributed by atoms with Gasteiger partial charge in [0.15, 0.2) is 0 Å². The molecule has 2 fully saturated rings. The van der Waals surface area contributed by atoms with Crippen LogP contribution in [0.4, 0.5) is 0 Å². The van der Waals surface area contributed by atoms with Gasteiger partial charge in [-0.3, -0.25) is 9.97 Å². The van der Waals surface area contributed by atoms with Crippen LogP contribution in [0.25, 0.3) is 32.9 Å². The summed E-state index contributed by atoms with van der Waals surface area (Å²) in [5.41, 5.74) is 10.5. The van der Waals surface area contributed by atoms with Gasteiger partial charge in [0.05, 0.1) is 40.7 Å². The van der Waals surface area contributed by atoms with Crippen LogP contribution in [0.3, 0.4) is 0 Å². The summed E-state index contributed by atoms with van der Waals surface area (Å²) in [4.78, 5) is 32.6. The standard InChI is InChI=1S/C26H24N2O3.C19H17BrN2O2/c1-28-10-9-19-11-16(12-22(25(19)28)18-5-7-21(31-2)8-6-18)13-24-23(26(29)30)14-20(15-27-24)17-3-4-17;1-22-5-4-13-6-11(7-16(20)18(13)22)8-17-15(19(23)24)9-14(10-21-17)12-2-3-12/h5-12,14-15,17H,3-4,13H2,1-2H3,(H,29,30);4-7,9-10,12H,2-3,8H2,1H3,(H,23,24). The van der Waals surface area contributed by atoms with Gasteiger partial charge >= 0.3 is 11.9 Å². The van der Waals surface area contributed by atoms with Gasteiger partial charge in [-0.05, 0) is 142 Å². The van der Waals surface area contributed by atoms with Gasteiger partial charge in [-0.25, -0.2) is 9.59 Å². The molecule has 0 unspecified atom stereocenters. The number of pyridine rings is 2. The minimum atomic E-state index is -0.916. The predicted octanol–water partition coefficient (Wildman–Crippen LogP) is 9.92. The number of nitrogens with zero attached hydrogens (tertiary/aromatic N) is 4. The summed E-state index contributed by atoms with van der Waals surface area (Å²) in [5, 5.41) is 21.6. The fourth-order valence-corrected chi connectivity index (χ4v) is 8.29. The molecule has 9 nitrogen and oxygen atoms in total. The Labute approximate surface area is 327 Å². The number of aromatic carboxylic acids is 2. The molecule has 10 heteroatoms. The zero-order valence-electron chi connectivity index (χ0n) is 30.9. The summed E-state index contributed by atoms with van der Waals surface area (Å²) in [6.45, 7) is 0.